The summed E-state index contributed by atoms with van der Waals surface area (Å²) in [6, 6.07) is 6.87. The monoisotopic (exact) mass is 337 g/mol. The van der Waals surface area contributed by atoms with E-state index in [1.165, 1.54) is 30.3 Å². The van der Waals surface area contributed by atoms with Gasteiger partial charge in [0.15, 0.2) is 0 Å². The first-order chi connectivity index (χ1) is 11.5. The van der Waals surface area contributed by atoms with Gasteiger partial charge < -0.3 is 4.74 Å². The number of aromatic nitrogens is 1. The maximum Gasteiger partial charge on any atom is 0.149 e. The van der Waals surface area contributed by atoms with Crippen molar-refractivity contribution in [1.82, 2.24) is 4.98 Å². The fourth-order valence-electron chi connectivity index (χ4n) is 2.67. The van der Waals surface area contributed by atoms with Gasteiger partial charge in [-0.05, 0) is 30.3 Å². The summed E-state index contributed by atoms with van der Waals surface area (Å²) in [7, 11) is 0. The first-order valence-electron chi connectivity index (χ1n) is 7.35. The van der Waals surface area contributed by atoms with Crippen LogP contribution in [0.3, 0.4) is 0 Å². The zero-order valence-corrected chi connectivity index (χ0v) is 12.8. The Morgan fingerprint density at radius 1 is 1.17 bits per heavy atom. The molecule has 24 heavy (non-hydrogen) atoms. The molecule has 2 aromatic rings. The fourth-order valence-corrected chi connectivity index (χ4v) is 2.67. The standard InChI is InChI=1S/C18H15F4NO/c1-11(7-19)15-6-14-17(24-10-18(14,8-20)9-21)16(23-15)12-2-4-13(22)5-3-12/h2-6H,1,7-10H2. The van der Waals surface area contributed by atoms with Crippen molar-refractivity contribution >= 4 is 5.57 Å². The van der Waals surface area contributed by atoms with Crippen LogP contribution in [0.1, 0.15) is 11.3 Å². The first kappa shape index (κ1) is 16.5. The molecule has 2 heterocycles. The second kappa shape index (κ2) is 6.26. The van der Waals surface area contributed by atoms with Crippen LogP contribution in [0, 0.1) is 5.82 Å². The molecule has 0 spiro atoms. The van der Waals surface area contributed by atoms with Gasteiger partial charge in [-0.1, -0.05) is 6.58 Å². The van der Waals surface area contributed by atoms with Crippen LogP contribution in [0.2, 0.25) is 0 Å². The number of nitrogens with zero attached hydrogens (tertiary/aromatic N) is 1. The average molecular weight is 337 g/mol. The van der Waals surface area contributed by atoms with Crippen LogP contribution in [0.15, 0.2) is 36.9 Å². The SMILES string of the molecule is C=C(CF)c1cc2c(c(-c3ccc(F)cc3)n1)OCC2(CF)CF. The van der Waals surface area contributed by atoms with Gasteiger partial charge in [0.1, 0.15) is 43.9 Å². The number of allylic oxidation sites excluding steroid dienone is 1. The highest BCUT2D eigenvalue weighted by Crippen LogP contribution is 2.45. The van der Waals surface area contributed by atoms with E-state index in [9.17, 15) is 17.6 Å². The number of pyridine rings is 1. The minimum atomic E-state index is -1.43. The minimum absolute atomic E-state index is 0.0969. The van der Waals surface area contributed by atoms with E-state index in [0.717, 1.165) is 0 Å². The highest BCUT2D eigenvalue weighted by Gasteiger charge is 2.43. The molecule has 0 atom stereocenters. The van der Waals surface area contributed by atoms with Crippen molar-refractivity contribution in [3.63, 3.8) is 0 Å². The smallest absolute Gasteiger partial charge is 0.149 e. The van der Waals surface area contributed by atoms with Crippen LogP contribution >= 0.6 is 0 Å². The van der Waals surface area contributed by atoms with Crippen LogP contribution in [-0.4, -0.2) is 31.6 Å². The quantitative estimate of drug-likeness (QED) is 0.753. The third-order valence-electron chi connectivity index (χ3n) is 4.19. The predicted molar refractivity (Wildman–Crippen MR) is 83.8 cm³/mol. The number of fused-ring (bicyclic) bond motifs is 1. The number of halogens is 4. The molecule has 126 valence electrons. The van der Waals surface area contributed by atoms with Gasteiger partial charge in [0.25, 0.3) is 0 Å². The van der Waals surface area contributed by atoms with E-state index in [2.05, 4.69) is 11.6 Å². The zero-order valence-electron chi connectivity index (χ0n) is 12.8. The van der Waals surface area contributed by atoms with E-state index < -0.39 is 31.3 Å². The van der Waals surface area contributed by atoms with Gasteiger partial charge in [-0.3, -0.25) is 0 Å². The third-order valence-corrected chi connectivity index (χ3v) is 4.19. The Bertz CT molecular complexity index is 769. The fraction of sp³-hybridized carbons (Fsp3) is 0.278. The Hall–Kier alpha value is -2.37. The van der Waals surface area contributed by atoms with Crippen molar-refractivity contribution < 1.29 is 22.3 Å². The summed E-state index contributed by atoms with van der Waals surface area (Å²) in [5.74, 6) is -0.185. The first-order valence-corrected chi connectivity index (χ1v) is 7.35. The summed E-state index contributed by atoms with van der Waals surface area (Å²) in [5, 5.41) is 0. The van der Waals surface area contributed by atoms with Gasteiger partial charge in [0.2, 0.25) is 0 Å². The zero-order chi connectivity index (χ0) is 17.3. The number of hydrogen-bond acceptors (Lipinski definition) is 2. The number of rotatable bonds is 5. The van der Waals surface area contributed by atoms with Crippen LogP contribution in [0.4, 0.5) is 17.6 Å². The average Bonchev–Trinajstić information content (AvgIpc) is 3.00. The van der Waals surface area contributed by atoms with E-state index in [0.29, 0.717) is 16.8 Å². The van der Waals surface area contributed by atoms with Crippen LogP contribution in [0.25, 0.3) is 16.8 Å². The molecule has 0 radical (unpaired) electrons. The van der Waals surface area contributed by atoms with E-state index in [-0.39, 0.29) is 23.6 Å². The van der Waals surface area contributed by atoms with Gasteiger partial charge in [-0.15, -0.1) is 0 Å². The van der Waals surface area contributed by atoms with Gasteiger partial charge in [-0.2, -0.15) is 0 Å². The van der Waals surface area contributed by atoms with Crippen LogP contribution in [0.5, 0.6) is 5.75 Å². The Morgan fingerprint density at radius 3 is 2.42 bits per heavy atom. The highest BCUT2D eigenvalue weighted by molar-refractivity contribution is 5.74. The lowest BCUT2D eigenvalue weighted by molar-refractivity contribution is 0.185. The van der Waals surface area contributed by atoms with E-state index in [1.807, 2.05) is 0 Å². The van der Waals surface area contributed by atoms with Crippen molar-refractivity contribution in [3.8, 4) is 17.0 Å². The lowest BCUT2D eigenvalue weighted by atomic mass is 9.84. The molecule has 0 saturated carbocycles. The Kier molecular flexibility index (Phi) is 4.30. The Labute approximate surface area is 136 Å². The van der Waals surface area contributed by atoms with E-state index in [1.54, 1.807) is 0 Å². The third kappa shape index (κ3) is 2.56. The molecule has 0 fully saturated rings. The van der Waals surface area contributed by atoms with Crippen molar-refractivity contribution in [1.29, 1.82) is 0 Å². The number of ether oxygens (including phenoxy) is 1. The molecule has 1 aromatic carbocycles. The molecular formula is C18H15F4NO. The molecule has 1 aromatic heterocycles. The lowest BCUT2D eigenvalue weighted by Crippen LogP contribution is -2.33. The predicted octanol–water partition coefficient (Wildman–Crippen LogP) is 4.44. The van der Waals surface area contributed by atoms with E-state index >= 15 is 0 Å². The molecule has 1 aliphatic rings. The van der Waals surface area contributed by atoms with Crippen molar-refractivity contribution in [2.75, 3.05) is 26.6 Å². The minimum Gasteiger partial charge on any atom is -0.490 e. The second-order valence-electron chi connectivity index (χ2n) is 5.81. The molecule has 0 N–H and O–H groups in total. The van der Waals surface area contributed by atoms with Gasteiger partial charge in [0.05, 0.1) is 11.1 Å². The van der Waals surface area contributed by atoms with Crippen molar-refractivity contribution in [2.24, 2.45) is 0 Å². The highest BCUT2D eigenvalue weighted by atomic mass is 19.1. The normalized spacial score (nSPS) is 15.0. The summed E-state index contributed by atoms with van der Waals surface area (Å²) in [6.07, 6.45) is 0. The largest absolute Gasteiger partial charge is 0.490 e. The van der Waals surface area contributed by atoms with Gasteiger partial charge in [-0.25, -0.2) is 22.5 Å². The molecule has 2 nitrogen and oxygen atoms in total. The van der Waals surface area contributed by atoms with Crippen LogP contribution < -0.4 is 4.74 Å². The summed E-state index contributed by atoms with van der Waals surface area (Å²) in [6.45, 7) is 0.675. The number of hydrogen-bond donors (Lipinski definition) is 0. The lowest BCUT2D eigenvalue weighted by Gasteiger charge is -2.20. The molecular weight excluding hydrogens is 322 g/mol. The van der Waals surface area contributed by atoms with Gasteiger partial charge in [0, 0.05) is 16.7 Å². The maximum atomic E-state index is 13.5. The summed E-state index contributed by atoms with van der Waals surface area (Å²) in [5.41, 5.74) is -0.0349. The van der Waals surface area contributed by atoms with E-state index in [4.69, 9.17) is 4.74 Å². The van der Waals surface area contributed by atoms with Crippen molar-refractivity contribution in [2.45, 2.75) is 5.41 Å². The van der Waals surface area contributed by atoms with Crippen molar-refractivity contribution in [3.05, 3.63) is 54.0 Å². The molecule has 0 aliphatic carbocycles. The second-order valence-corrected chi connectivity index (χ2v) is 5.81. The Balaban J connectivity index is 2.24. The molecule has 0 amide bonds. The summed E-state index contributed by atoms with van der Waals surface area (Å²) >= 11 is 0. The molecule has 3 rings (SSSR count). The number of benzene rings is 1. The molecule has 0 bridgehead atoms. The molecule has 1 aliphatic heterocycles. The molecule has 0 unspecified atom stereocenters. The number of alkyl halides is 3. The maximum absolute atomic E-state index is 13.5. The van der Waals surface area contributed by atoms with Gasteiger partial charge >= 0.3 is 0 Å². The molecule has 6 heteroatoms. The Morgan fingerprint density at radius 2 is 1.83 bits per heavy atom. The topological polar surface area (TPSA) is 22.1 Å². The summed E-state index contributed by atoms with van der Waals surface area (Å²) in [4.78, 5) is 4.32. The summed E-state index contributed by atoms with van der Waals surface area (Å²) < 4.78 is 58.8. The van der Waals surface area contributed by atoms with Crippen LogP contribution in [-0.2, 0) is 5.41 Å². The molecule has 0 saturated heterocycles.